The van der Waals surface area contributed by atoms with Gasteiger partial charge in [-0.25, -0.2) is 0 Å². The van der Waals surface area contributed by atoms with E-state index in [4.69, 9.17) is 29.6 Å². The minimum atomic E-state index is 0.0207. The van der Waals surface area contributed by atoms with Crippen molar-refractivity contribution in [3.63, 3.8) is 0 Å². The minimum absolute atomic E-state index is 0.0207. The van der Waals surface area contributed by atoms with Crippen molar-refractivity contribution in [2.45, 2.75) is 13.3 Å². The van der Waals surface area contributed by atoms with E-state index in [1.807, 2.05) is 4.90 Å². The molecule has 0 radical (unpaired) electrons. The second-order valence-electron chi connectivity index (χ2n) is 4.74. The Morgan fingerprint density at radius 2 is 2.05 bits per heavy atom. The van der Waals surface area contributed by atoms with Crippen LogP contribution >= 0.6 is 23.8 Å². The molecule has 6 heteroatoms. The number of anilines is 1. The van der Waals surface area contributed by atoms with Gasteiger partial charge in [0.15, 0.2) is 0 Å². The number of hydrogen-bond acceptors (Lipinski definition) is 3. The highest BCUT2D eigenvalue weighted by Gasteiger charge is 2.17. The van der Waals surface area contributed by atoms with Crippen molar-refractivity contribution in [2.24, 2.45) is 5.73 Å². The van der Waals surface area contributed by atoms with E-state index in [0.717, 1.165) is 24.2 Å². The van der Waals surface area contributed by atoms with E-state index in [9.17, 15) is 4.79 Å². The molecule has 0 saturated carbocycles. The van der Waals surface area contributed by atoms with Crippen LogP contribution in [0.4, 0.5) is 5.69 Å². The molecule has 0 bridgehead atoms. The van der Waals surface area contributed by atoms with Crippen molar-refractivity contribution in [3.05, 3.63) is 28.8 Å². The van der Waals surface area contributed by atoms with Crippen LogP contribution in [0, 0.1) is 0 Å². The molecule has 2 N–H and O–H groups in total. The van der Waals surface area contributed by atoms with Crippen LogP contribution in [0.25, 0.3) is 0 Å². The standard InChI is InChI=1S/C14H20ClN3OS/c1-4-7-18(9-13(19)17(2)3)12-8-10(15)5-6-11(12)14(16)20/h5-6,8H,4,7,9H2,1-3H3,(H2,16,20). The molecule has 1 amide bonds. The summed E-state index contributed by atoms with van der Waals surface area (Å²) in [6.45, 7) is 3.06. The molecule has 1 rings (SSSR count). The lowest BCUT2D eigenvalue weighted by Crippen LogP contribution is -2.38. The predicted octanol–water partition coefficient (Wildman–Crippen LogP) is 2.28. The van der Waals surface area contributed by atoms with E-state index in [2.05, 4.69) is 6.92 Å². The first-order valence-corrected chi connectivity index (χ1v) is 7.19. The fraction of sp³-hybridized carbons (Fsp3) is 0.429. The molecule has 0 aromatic heterocycles. The zero-order valence-electron chi connectivity index (χ0n) is 12.0. The number of hydrogen-bond donors (Lipinski definition) is 1. The van der Waals surface area contributed by atoms with E-state index in [-0.39, 0.29) is 12.5 Å². The maximum atomic E-state index is 12.0. The number of amides is 1. The van der Waals surface area contributed by atoms with E-state index < -0.39 is 0 Å². The summed E-state index contributed by atoms with van der Waals surface area (Å²) in [4.78, 5) is 15.8. The average Bonchev–Trinajstić information content (AvgIpc) is 2.37. The number of nitrogens with zero attached hydrogens (tertiary/aromatic N) is 2. The number of likely N-dealkylation sites (N-methyl/N-ethyl adjacent to an activating group) is 1. The molecule has 110 valence electrons. The van der Waals surface area contributed by atoms with Gasteiger partial charge in [-0.05, 0) is 24.6 Å². The summed E-state index contributed by atoms with van der Waals surface area (Å²) in [7, 11) is 3.47. The third-order valence-corrected chi connectivity index (χ3v) is 3.34. The molecule has 0 saturated heterocycles. The molecular formula is C14H20ClN3OS. The summed E-state index contributed by atoms with van der Waals surface area (Å²) >= 11 is 11.1. The third-order valence-electron chi connectivity index (χ3n) is 2.88. The van der Waals surface area contributed by atoms with Crippen LogP contribution in [0.3, 0.4) is 0 Å². The van der Waals surface area contributed by atoms with Gasteiger partial charge in [0, 0.05) is 36.9 Å². The quantitative estimate of drug-likeness (QED) is 0.819. The van der Waals surface area contributed by atoms with Crippen molar-refractivity contribution < 1.29 is 4.79 Å². The fourth-order valence-corrected chi connectivity index (χ4v) is 2.17. The van der Waals surface area contributed by atoms with Gasteiger partial charge in [-0.1, -0.05) is 30.7 Å². The van der Waals surface area contributed by atoms with Crippen LogP contribution in [0.1, 0.15) is 18.9 Å². The van der Waals surface area contributed by atoms with Gasteiger partial charge in [0.1, 0.15) is 4.99 Å². The number of halogens is 1. The maximum Gasteiger partial charge on any atom is 0.241 e. The number of carbonyl (C=O) groups is 1. The lowest BCUT2D eigenvalue weighted by molar-refractivity contribution is -0.127. The van der Waals surface area contributed by atoms with Gasteiger partial charge >= 0.3 is 0 Å². The van der Waals surface area contributed by atoms with Crippen molar-refractivity contribution >= 4 is 40.4 Å². The van der Waals surface area contributed by atoms with Crippen molar-refractivity contribution in [1.82, 2.24) is 4.90 Å². The highest BCUT2D eigenvalue weighted by Crippen LogP contribution is 2.25. The fourth-order valence-electron chi connectivity index (χ4n) is 1.83. The molecule has 0 unspecified atom stereocenters. The van der Waals surface area contributed by atoms with Gasteiger partial charge in [-0.15, -0.1) is 0 Å². The molecule has 4 nitrogen and oxygen atoms in total. The lowest BCUT2D eigenvalue weighted by Gasteiger charge is -2.27. The topological polar surface area (TPSA) is 49.6 Å². The van der Waals surface area contributed by atoms with Gasteiger partial charge in [-0.2, -0.15) is 0 Å². The Morgan fingerprint density at radius 3 is 2.55 bits per heavy atom. The predicted molar refractivity (Wildman–Crippen MR) is 88.5 cm³/mol. The minimum Gasteiger partial charge on any atom is -0.389 e. The largest absolute Gasteiger partial charge is 0.389 e. The molecule has 0 aliphatic rings. The molecule has 1 aromatic carbocycles. The second kappa shape index (κ2) is 7.45. The second-order valence-corrected chi connectivity index (χ2v) is 5.61. The van der Waals surface area contributed by atoms with Crippen LogP contribution in [-0.2, 0) is 4.79 Å². The number of thiocarbonyl (C=S) groups is 1. The number of rotatable bonds is 6. The van der Waals surface area contributed by atoms with E-state index >= 15 is 0 Å². The van der Waals surface area contributed by atoms with Crippen LogP contribution < -0.4 is 10.6 Å². The van der Waals surface area contributed by atoms with Crippen LogP contribution in [0.15, 0.2) is 18.2 Å². The van der Waals surface area contributed by atoms with Crippen molar-refractivity contribution in [3.8, 4) is 0 Å². The van der Waals surface area contributed by atoms with Gasteiger partial charge in [0.05, 0.1) is 6.54 Å². The SMILES string of the molecule is CCCN(CC(=O)N(C)C)c1cc(Cl)ccc1C(N)=S. The molecule has 0 aliphatic carbocycles. The zero-order chi connectivity index (χ0) is 15.3. The number of benzene rings is 1. The molecule has 0 aliphatic heterocycles. The Hall–Kier alpha value is -1.33. The summed E-state index contributed by atoms with van der Waals surface area (Å²) < 4.78 is 0. The van der Waals surface area contributed by atoms with Gasteiger partial charge in [0.25, 0.3) is 0 Å². The average molecular weight is 314 g/mol. The zero-order valence-corrected chi connectivity index (χ0v) is 13.6. The smallest absolute Gasteiger partial charge is 0.241 e. The van der Waals surface area contributed by atoms with Gasteiger partial charge in [0.2, 0.25) is 5.91 Å². The molecule has 0 spiro atoms. The lowest BCUT2D eigenvalue weighted by atomic mass is 10.1. The summed E-state index contributed by atoms with van der Waals surface area (Å²) in [5.41, 5.74) is 7.30. The van der Waals surface area contributed by atoms with E-state index in [1.54, 1.807) is 37.2 Å². The summed E-state index contributed by atoms with van der Waals surface area (Å²) in [5, 5.41) is 0.596. The molecule has 20 heavy (non-hydrogen) atoms. The molecular weight excluding hydrogens is 294 g/mol. The van der Waals surface area contributed by atoms with E-state index in [0.29, 0.717) is 10.0 Å². The molecule has 0 fully saturated rings. The first-order chi connectivity index (χ1) is 9.36. The monoisotopic (exact) mass is 313 g/mol. The molecule has 1 aromatic rings. The Balaban J connectivity index is 3.16. The molecule has 0 atom stereocenters. The normalized spacial score (nSPS) is 10.2. The van der Waals surface area contributed by atoms with Crippen LogP contribution in [0.2, 0.25) is 5.02 Å². The van der Waals surface area contributed by atoms with Crippen LogP contribution in [0.5, 0.6) is 0 Å². The van der Waals surface area contributed by atoms with Gasteiger partial charge < -0.3 is 15.5 Å². The number of nitrogens with two attached hydrogens (primary N) is 1. The first kappa shape index (κ1) is 16.7. The Labute approximate surface area is 130 Å². The van der Waals surface area contributed by atoms with Crippen molar-refractivity contribution in [1.29, 1.82) is 0 Å². The Kier molecular flexibility index (Phi) is 6.23. The summed E-state index contributed by atoms with van der Waals surface area (Å²) in [5.74, 6) is 0.0207. The Bertz CT molecular complexity index is 505. The number of carbonyl (C=O) groups excluding carboxylic acids is 1. The Morgan fingerprint density at radius 1 is 1.40 bits per heavy atom. The van der Waals surface area contributed by atoms with E-state index in [1.165, 1.54) is 0 Å². The molecule has 0 heterocycles. The van der Waals surface area contributed by atoms with Crippen molar-refractivity contribution in [2.75, 3.05) is 32.1 Å². The van der Waals surface area contributed by atoms with Gasteiger partial charge in [-0.3, -0.25) is 4.79 Å². The first-order valence-electron chi connectivity index (χ1n) is 6.41. The summed E-state index contributed by atoms with van der Waals surface area (Å²) in [6, 6.07) is 5.34. The maximum absolute atomic E-state index is 12.0. The highest BCUT2D eigenvalue weighted by atomic mass is 35.5. The van der Waals surface area contributed by atoms with Crippen LogP contribution in [-0.4, -0.2) is 43.0 Å². The third kappa shape index (κ3) is 4.35. The highest BCUT2D eigenvalue weighted by molar-refractivity contribution is 7.80. The summed E-state index contributed by atoms with van der Waals surface area (Å²) in [6.07, 6.45) is 0.907.